The number of alkyl halides is 3. The minimum absolute atomic E-state index is 0.0849. The molecular formula is C23H26F4N2O3S. The van der Waals surface area contributed by atoms with Crippen molar-refractivity contribution in [3.63, 3.8) is 0 Å². The van der Waals surface area contributed by atoms with Crippen LogP contribution in [0.4, 0.5) is 23.2 Å². The maximum Gasteiger partial charge on any atom is 0.397 e. The Hall–Kier alpha value is -2.62. The second kappa shape index (κ2) is 8.62. The summed E-state index contributed by atoms with van der Waals surface area (Å²) in [6, 6.07) is 9.62. The maximum atomic E-state index is 14.2. The average molecular weight is 487 g/mol. The SMILES string of the molecule is CC(NC(=O)C1CC1c1ccc(C(C)(C)C(F)(F)F)cc1)c1ccc(NS(C)(=O)=O)c(F)c1. The van der Waals surface area contributed by atoms with Crippen LogP contribution in [0.1, 0.15) is 55.8 Å². The lowest BCUT2D eigenvalue weighted by Gasteiger charge is -2.28. The molecule has 2 N–H and O–H groups in total. The summed E-state index contributed by atoms with van der Waals surface area (Å²) < 4.78 is 78.5. The summed E-state index contributed by atoms with van der Waals surface area (Å²) in [6.45, 7) is 3.94. The van der Waals surface area contributed by atoms with Gasteiger partial charge in [-0.15, -0.1) is 0 Å². The van der Waals surface area contributed by atoms with E-state index in [-0.39, 0.29) is 29.0 Å². The van der Waals surface area contributed by atoms with Gasteiger partial charge in [0.05, 0.1) is 23.4 Å². The molecule has 3 rings (SSSR count). The van der Waals surface area contributed by atoms with E-state index in [2.05, 4.69) is 10.0 Å². The number of benzene rings is 2. The van der Waals surface area contributed by atoms with Crippen LogP contribution in [-0.4, -0.2) is 26.8 Å². The monoisotopic (exact) mass is 486 g/mol. The highest BCUT2D eigenvalue weighted by atomic mass is 32.2. The first-order chi connectivity index (χ1) is 15.1. The normalized spacial score (nSPS) is 19.6. The predicted octanol–water partition coefficient (Wildman–Crippen LogP) is 5.02. The topological polar surface area (TPSA) is 75.3 Å². The summed E-state index contributed by atoms with van der Waals surface area (Å²) in [4.78, 5) is 12.6. The van der Waals surface area contributed by atoms with Crippen molar-refractivity contribution >= 4 is 21.6 Å². The molecule has 0 radical (unpaired) electrons. The Morgan fingerprint density at radius 1 is 1.09 bits per heavy atom. The van der Waals surface area contributed by atoms with Crippen molar-refractivity contribution in [3.8, 4) is 0 Å². The quantitative estimate of drug-likeness (QED) is 0.540. The number of rotatable bonds is 7. The van der Waals surface area contributed by atoms with Crippen LogP contribution in [0.15, 0.2) is 42.5 Å². The number of nitrogens with one attached hydrogen (secondary N) is 2. The number of halogens is 4. The second-order valence-electron chi connectivity index (χ2n) is 9.04. The van der Waals surface area contributed by atoms with Crippen molar-refractivity contribution in [1.82, 2.24) is 5.32 Å². The molecule has 2 aromatic carbocycles. The number of amides is 1. The van der Waals surface area contributed by atoms with Crippen molar-refractivity contribution < 1.29 is 30.8 Å². The van der Waals surface area contributed by atoms with E-state index >= 15 is 0 Å². The number of sulfonamides is 1. The van der Waals surface area contributed by atoms with Crippen LogP contribution in [0, 0.1) is 11.7 Å². The van der Waals surface area contributed by atoms with Crippen LogP contribution in [0.5, 0.6) is 0 Å². The summed E-state index contributed by atoms with van der Waals surface area (Å²) >= 11 is 0. The Morgan fingerprint density at radius 2 is 1.70 bits per heavy atom. The molecule has 0 aliphatic heterocycles. The van der Waals surface area contributed by atoms with Crippen LogP contribution in [0.25, 0.3) is 0 Å². The first kappa shape index (κ1) is 25.0. The third-order valence-corrected chi connectivity index (χ3v) is 6.63. The van der Waals surface area contributed by atoms with Gasteiger partial charge >= 0.3 is 6.18 Å². The van der Waals surface area contributed by atoms with Gasteiger partial charge in [-0.2, -0.15) is 13.2 Å². The van der Waals surface area contributed by atoms with E-state index in [1.807, 2.05) is 0 Å². The van der Waals surface area contributed by atoms with Gasteiger partial charge in [0.15, 0.2) is 0 Å². The zero-order chi connectivity index (χ0) is 24.8. The number of hydrogen-bond donors (Lipinski definition) is 2. The molecule has 1 aliphatic carbocycles. The lowest BCUT2D eigenvalue weighted by molar-refractivity contribution is -0.180. The van der Waals surface area contributed by atoms with Crippen LogP contribution < -0.4 is 10.0 Å². The molecule has 5 nitrogen and oxygen atoms in total. The Balaban J connectivity index is 1.62. The van der Waals surface area contributed by atoms with Crippen molar-refractivity contribution in [2.45, 2.75) is 50.7 Å². The fourth-order valence-electron chi connectivity index (χ4n) is 3.65. The Bertz CT molecular complexity index is 1150. The Labute approximate surface area is 190 Å². The highest BCUT2D eigenvalue weighted by Gasteiger charge is 2.49. The maximum absolute atomic E-state index is 14.2. The van der Waals surface area contributed by atoms with Gasteiger partial charge in [-0.3, -0.25) is 9.52 Å². The van der Waals surface area contributed by atoms with Gasteiger partial charge in [-0.05, 0) is 61.9 Å². The second-order valence-corrected chi connectivity index (χ2v) is 10.8. The fourth-order valence-corrected chi connectivity index (χ4v) is 4.22. The molecule has 1 saturated carbocycles. The average Bonchev–Trinajstić information content (AvgIpc) is 3.49. The standard InChI is InChI=1S/C23H26F4N2O3S/c1-13(15-7-10-20(19(24)11-15)29-33(4,31)32)28-21(30)18-12-17(18)14-5-8-16(9-6-14)22(2,3)23(25,26)27/h5-11,13,17-18,29H,12H2,1-4H3,(H,28,30). The van der Waals surface area contributed by atoms with E-state index in [1.165, 1.54) is 24.3 Å². The van der Waals surface area contributed by atoms with Gasteiger partial charge in [-0.1, -0.05) is 30.3 Å². The Morgan fingerprint density at radius 3 is 2.21 bits per heavy atom. The highest BCUT2D eigenvalue weighted by molar-refractivity contribution is 7.92. The van der Waals surface area contributed by atoms with Crippen molar-refractivity contribution in [2.75, 3.05) is 11.0 Å². The minimum Gasteiger partial charge on any atom is -0.349 e. The molecule has 0 spiro atoms. The molecule has 1 amide bonds. The van der Waals surface area contributed by atoms with E-state index in [1.54, 1.807) is 19.1 Å². The molecule has 3 atom stereocenters. The largest absolute Gasteiger partial charge is 0.397 e. The lowest BCUT2D eigenvalue weighted by Crippen LogP contribution is -2.36. The van der Waals surface area contributed by atoms with Gasteiger partial charge < -0.3 is 5.32 Å². The van der Waals surface area contributed by atoms with Gasteiger partial charge in [0.25, 0.3) is 0 Å². The van der Waals surface area contributed by atoms with E-state index in [4.69, 9.17) is 0 Å². The summed E-state index contributed by atoms with van der Waals surface area (Å²) in [5.41, 5.74) is -0.727. The fraction of sp³-hybridized carbons (Fsp3) is 0.435. The summed E-state index contributed by atoms with van der Waals surface area (Å²) in [7, 11) is -3.62. The van der Waals surface area contributed by atoms with Gasteiger partial charge in [0.2, 0.25) is 15.9 Å². The molecule has 0 aromatic heterocycles. The van der Waals surface area contributed by atoms with Crippen molar-refractivity contribution in [1.29, 1.82) is 0 Å². The zero-order valence-electron chi connectivity index (χ0n) is 18.6. The molecule has 0 bridgehead atoms. The van der Waals surface area contributed by atoms with Crippen LogP contribution in [-0.2, 0) is 20.2 Å². The van der Waals surface area contributed by atoms with Crippen molar-refractivity contribution in [3.05, 3.63) is 65.0 Å². The number of carbonyl (C=O) groups excluding carboxylic acids is 1. The smallest absolute Gasteiger partial charge is 0.349 e. The molecule has 3 unspecified atom stereocenters. The van der Waals surface area contributed by atoms with Crippen LogP contribution in [0.3, 0.4) is 0 Å². The first-order valence-electron chi connectivity index (χ1n) is 10.3. The third-order valence-electron chi connectivity index (χ3n) is 6.04. The molecular weight excluding hydrogens is 460 g/mol. The minimum atomic E-state index is -4.37. The zero-order valence-corrected chi connectivity index (χ0v) is 19.4. The van der Waals surface area contributed by atoms with Crippen LogP contribution in [0.2, 0.25) is 0 Å². The summed E-state index contributed by atoms with van der Waals surface area (Å²) in [5.74, 6) is -1.39. The molecule has 0 heterocycles. The molecule has 1 fully saturated rings. The van der Waals surface area contributed by atoms with Gasteiger partial charge in [0.1, 0.15) is 5.82 Å². The molecule has 2 aromatic rings. The number of hydrogen-bond acceptors (Lipinski definition) is 3. The summed E-state index contributed by atoms with van der Waals surface area (Å²) in [5, 5.41) is 2.82. The molecule has 0 saturated heterocycles. The van der Waals surface area contributed by atoms with E-state index in [0.717, 1.165) is 31.7 Å². The highest BCUT2D eigenvalue weighted by Crippen LogP contribution is 2.48. The summed E-state index contributed by atoms with van der Waals surface area (Å²) in [6.07, 6.45) is -2.88. The number of anilines is 1. The molecule has 1 aliphatic rings. The first-order valence-corrected chi connectivity index (χ1v) is 12.2. The number of carbonyl (C=O) groups is 1. The molecule has 10 heteroatoms. The molecule has 180 valence electrons. The van der Waals surface area contributed by atoms with Crippen LogP contribution >= 0.6 is 0 Å². The van der Waals surface area contributed by atoms with Crippen molar-refractivity contribution in [2.24, 2.45) is 5.92 Å². The lowest BCUT2D eigenvalue weighted by atomic mass is 9.83. The van der Waals surface area contributed by atoms with E-state index in [0.29, 0.717) is 12.0 Å². The third kappa shape index (κ3) is 5.66. The van der Waals surface area contributed by atoms with E-state index in [9.17, 15) is 30.8 Å². The molecule has 33 heavy (non-hydrogen) atoms. The van der Waals surface area contributed by atoms with E-state index < -0.39 is 33.5 Å². The predicted molar refractivity (Wildman–Crippen MR) is 118 cm³/mol. The van der Waals surface area contributed by atoms with Gasteiger partial charge in [0, 0.05) is 5.92 Å². The Kier molecular flexibility index (Phi) is 6.54. The van der Waals surface area contributed by atoms with Gasteiger partial charge in [-0.25, -0.2) is 12.8 Å².